The van der Waals surface area contributed by atoms with Gasteiger partial charge in [-0.3, -0.25) is 0 Å². The largest absolute Gasteiger partial charge is 0.489 e. The Hall–Kier alpha value is -3.64. The Bertz CT molecular complexity index is 1310. The van der Waals surface area contributed by atoms with E-state index in [2.05, 4.69) is 0 Å². The monoisotopic (exact) mass is 445 g/mol. The number of anilines is 1. The lowest BCUT2D eigenvalue weighted by Gasteiger charge is -2.39. The summed E-state index contributed by atoms with van der Waals surface area (Å²) in [6.07, 6.45) is 0.866. The summed E-state index contributed by atoms with van der Waals surface area (Å²) in [6.45, 7) is 1.41. The third kappa shape index (κ3) is 4.47. The molecule has 1 fully saturated rings. The molecule has 1 N–H and O–H groups in total. The molecule has 1 aliphatic heterocycles. The maximum atomic E-state index is 13.2. The standard InChI is InChI=1S/C27H24FNO4/c28-22-9-7-21(8-10-22)27(31)12-14-29(15-13-27)24-16-20-6-11-23(17-25(20)33-26(24)30)32-18-19-4-2-1-3-5-19/h1-11,16-17,31H,12-15,18H2. The molecule has 0 radical (unpaired) electrons. The zero-order valence-electron chi connectivity index (χ0n) is 18.0. The van der Waals surface area contributed by atoms with Gasteiger partial charge in [-0.1, -0.05) is 42.5 Å². The summed E-state index contributed by atoms with van der Waals surface area (Å²) >= 11 is 0. The van der Waals surface area contributed by atoms with Gasteiger partial charge in [-0.25, -0.2) is 9.18 Å². The predicted molar refractivity (Wildman–Crippen MR) is 125 cm³/mol. The van der Waals surface area contributed by atoms with Gasteiger partial charge in [0.25, 0.3) is 0 Å². The van der Waals surface area contributed by atoms with E-state index < -0.39 is 11.2 Å². The highest BCUT2D eigenvalue weighted by molar-refractivity contribution is 5.81. The highest BCUT2D eigenvalue weighted by Gasteiger charge is 2.34. The Morgan fingerprint density at radius 3 is 2.42 bits per heavy atom. The SMILES string of the molecule is O=c1oc2cc(OCc3ccccc3)ccc2cc1N1CCC(O)(c2ccc(F)cc2)CC1. The first-order valence-corrected chi connectivity index (χ1v) is 11.0. The second-order valence-electron chi connectivity index (χ2n) is 8.42. The van der Waals surface area contributed by atoms with E-state index in [9.17, 15) is 14.3 Å². The normalized spacial score (nSPS) is 15.5. The van der Waals surface area contributed by atoms with E-state index in [0.717, 1.165) is 10.9 Å². The third-order valence-corrected chi connectivity index (χ3v) is 6.25. The van der Waals surface area contributed by atoms with Crippen LogP contribution in [0.4, 0.5) is 10.1 Å². The van der Waals surface area contributed by atoms with Crippen LogP contribution in [-0.4, -0.2) is 18.2 Å². The van der Waals surface area contributed by atoms with Crippen molar-refractivity contribution in [2.24, 2.45) is 0 Å². The van der Waals surface area contributed by atoms with Gasteiger partial charge in [-0.2, -0.15) is 0 Å². The number of ether oxygens (including phenoxy) is 1. The lowest BCUT2D eigenvalue weighted by atomic mass is 9.84. The number of piperidine rings is 1. The molecule has 0 spiro atoms. The second-order valence-corrected chi connectivity index (χ2v) is 8.42. The van der Waals surface area contributed by atoms with Crippen LogP contribution < -0.4 is 15.3 Å². The number of hydrogen-bond acceptors (Lipinski definition) is 5. The van der Waals surface area contributed by atoms with Crippen LogP contribution >= 0.6 is 0 Å². The highest BCUT2D eigenvalue weighted by Crippen LogP contribution is 2.34. The van der Waals surface area contributed by atoms with Gasteiger partial charge in [0.15, 0.2) is 0 Å². The van der Waals surface area contributed by atoms with Crippen LogP contribution in [0.5, 0.6) is 5.75 Å². The van der Waals surface area contributed by atoms with E-state index in [-0.39, 0.29) is 5.82 Å². The Morgan fingerprint density at radius 1 is 0.970 bits per heavy atom. The number of fused-ring (bicyclic) bond motifs is 1. The fourth-order valence-electron chi connectivity index (χ4n) is 4.30. The Labute approximate surface area is 190 Å². The molecule has 3 aromatic carbocycles. The number of benzene rings is 3. The number of aliphatic hydroxyl groups is 1. The van der Waals surface area contributed by atoms with Gasteiger partial charge in [-0.15, -0.1) is 0 Å². The Kier molecular flexibility index (Phi) is 5.60. The van der Waals surface area contributed by atoms with Crippen LogP contribution in [0.2, 0.25) is 0 Å². The molecule has 1 aromatic heterocycles. The number of hydrogen-bond donors (Lipinski definition) is 1. The highest BCUT2D eigenvalue weighted by atomic mass is 19.1. The quantitative estimate of drug-likeness (QED) is 0.438. The molecule has 0 amide bonds. The average molecular weight is 445 g/mol. The Morgan fingerprint density at radius 2 is 1.70 bits per heavy atom. The molecule has 1 saturated heterocycles. The molecule has 5 nitrogen and oxygen atoms in total. The summed E-state index contributed by atoms with van der Waals surface area (Å²) in [5.41, 5.74) is 1.23. The lowest BCUT2D eigenvalue weighted by Crippen LogP contribution is -2.44. The summed E-state index contributed by atoms with van der Waals surface area (Å²) in [5.74, 6) is 0.298. The minimum absolute atomic E-state index is 0.331. The summed E-state index contributed by atoms with van der Waals surface area (Å²) in [6, 6.07) is 23.1. The van der Waals surface area contributed by atoms with Crippen LogP contribution in [0.3, 0.4) is 0 Å². The van der Waals surface area contributed by atoms with Gasteiger partial charge in [-0.05, 0) is 54.3 Å². The summed E-state index contributed by atoms with van der Waals surface area (Å²) < 4.78 is 24.7. The minimum atomic E-state index is -1.04. The van der Waals surface area contributed by atoms with Crippen LogP contribution in [0.15, 0.2) is 88.1 Å². The van der Waals surface area contributed by atoms with E-state index in [1.54, 1.807) is 18.2 Å². The summed E-state index contributed by atoms with van der Waals surface area (Å²) in [5, 5.41) is 11.8. The first kappa shape index (κ1) is 21.2. The van der Waals surface area contributed by atoms with Gasteiger partial charge < -0.3 is 19.2 Å². The van der Waals surface area contributed by atoms with E-state index >= 15 is 0 Å². The van der Waals surface area contributed by atoms with Crippen LogP contribution in [-0.2, 0) is 12.2 Å². The molecule has 168 valence electrons. The predicted octanol–water partition coefficient (Wildman–Crippen LogP) is 5.00. The number of nitrogens with zero attached hydrogens (tertiary/aromatic N) is 1. The van der Waals surface area contributed by atoms with Gasteiger partial charge in [0.05, 0.1) is 5.60 Å². The molecule has 6 heteroatoms. The summed E-state index contributed by atoms with van der Waals surface area (Å²) in [7, 11) is 0. The minimum Gasteiger partial charge on any atom is -0.489 e. The molecule has 0 unspecified atom stereocenters. The first-order chi connectivity index (χ1) is 16.0. The molecule has 0 atom stereocenters. The zero-order chi connectivity index (χ0) is 22.8. The smallest absolute Gasteiger partial charge is 0.360 e. The van der Waals surface area contributed by atoms with Crippen LogP contribution in [0, 0.1) is 5.82 Å². The van der Waals surface area contributed by atoms with Crippen molar-refractivity contribution in [1.82, 2.24) is 0 Å². The molecule has 33 heavy (non-hydrogen) atoms. The third-order valence-electron chi connectivity index (χ3n) is 6.25. The molecular weight excluding hydrogens is 421 g/mol. The zero-order valence-corrected chi connectivity index (χ0v) is 18.0. The van der Waals surface area contributed by atoms with Crippen molar-refractivity contribution in [3.8, 4) is 5.75 Å². The van der Waals surface area contributed by atoms with Crippen molar-refractivity contribution in [1.29, 1.82) is 0 Å². The molecular formula is C27H24FNO4. The Balaban J connectivity index is 1.31. The van der Waals surface area contributed by atoms with Crippen molar-refractivity contribution >= 4 is 16.7 Å². The first-order valence-electron chi connectivity index (χ1n) is 11.0. The van der Waals surface area contributed by atoms with Gasteiger partial charge in [0.2, 0.25) is 0 Å². The molecule has 2 heterocycles. The second kappa shape index (κ2) is 8.71. The topological polar surface area (TPSA) is 62.9 Å². The van der Waals surface area contributed by atoms with Crippen LogP contribution in [0.25, 0.3) is 11.0 Å². The van der Waals surface area contributed by atoms with Crippen molar-refractivity contribution in [2.45, 2.75) is 25.0 Å². The lowest BCUT2D eigenvalue weighted by molar-refractivity contribution is 0.0116. The molecule has 5 rings (SSSR count). The number of halogens is 1. The van der Waals surface area contributed by atoms with Crippen molar-refractivity contribution in [2.75, 3.05) is 18.0 Å². The molecule has 0 bridgehead atoms. The van der Waals surface area contributed by atoms with Gasteiger partial charge >= 0.3 is 5.63 Å². The van der Waals surface area contributed by atoms with E-state index in [0.29, 0.717) is 55.1 Å². The van der Waals surface area contributed by atoms with Crippen molar-refractivity contribution in [3.05, 3.63) is 106 Å². The molecule has 4 aromatic rings. The fraction of sp³-hybridized carbons (Fsp3) is 0.222. The maximum Gasteiger partial charge on any atom is 0.360 e. The van der Waals surface area contributed by atoms with E-state index in [1.807, 2.05) is 53.4 Å². The van der Waals surface area contributed by atoms with Crippen LogP contribution in [0.1, 0.15) is 24.0 Å². The van der Waals surface area contributed by atoms with Crippen molar-refractivity contribution in [3.63, 3.8) is 0 Å². The molecule has 1 aliphatic rings. The average Bonchev–Trinajstić information content (AvgIpc) is 2.84. The van der Waals surface area contributed by atoms with Crippen molar-refractivity contribution < 1.29 is 18.7 Å². The summed E-state index contributed by atoms with van der Waals surface area (Å²) in [4.78, 5) is 14.7. The maximum absolute atomic E-state index is 13.2. The van der Waals surface area contributed by atoms with E-state index in [1.165, 1.54) is 12.1 Å². The van der Waals surface area contributed by atoms with Gasteiger partial charge in [0, 0.05) is 24.5 Å². The molecule has 0 saturated carbocycles. The van der Waals surface area contributed by atoms with Gasteiger partial charge in [0.1, 0.15) is 29.4 Å². The molecule has 0 aliphatic carbocycles. The number of rotatable bonds is 5. The van der Waals surface area contributed by atoms with E-state index in [4.69, 9.17) is 9.15 Å². The fourth-order valence-corrected chi connectivity index (χ4v) is 4.30.